The van der Waals surface area contributed by atoms with Crippen LogP contribution < -0.4 is 29.1 Å². The zero-order valence-electron chi connectivity index (χ0n) is 25.7. The Labute approximate surface area is 274 Å². The Morgan fingerprint density at radius 1 is 0.978 bits per heavy atom. The van der Waals surface area contributed by atoms with E-state index in [9.17, 15) is 9.59 Å². The number of halogens is 1. The van der Waals surface area contributed by atoms with Gasteiger partial charge in [0.25, 0.3) is 5.56 Å². The van der Waals surface area contributed by atoms with Crippen LogP contribution in [0.5, 0.6) is 17.2 Å². The summed E-state index contributed by atoms with van der Waals surface area (Å²) in [5, 5.41) is 2.46. The van der Waals surface area contributed by atoms with Crippen molar-refractivity contribution in [1.29, 1.82) is 0 Å². The van der Waals surface area contributed by atoms with Gasteiger partial charge >= 0.3 is 5.97 Å². The summed E-state index contributed by atoms with van der Waals surface area (Å²) >= 11 is 7.25. The van der Waals surface area contributed by atoms with Gasteiger partial charge in [0.05, 0.1) is 36.6 Å². The summed E-state index contributed by atoms with van der Waals surface area (Å²) in [6.07, 6.45) is 1.79. The molecule has 0 saturated heterocycles. The lowest BCUT2D eigenvalue weighted by atomic mass is 9.90. The number of hydrogen-bond acceptors (Lipinski definition) is 8. The van der Waals surface area contributed by atoms with Gasteiger partial charge in [0.1, 0.15) is 18.4 Å². The summed E-state index contributed by atoms with van der Waals surface area (Å²) < 4.78 is 25.0. The van der Waals surface area contributed by atoms with Crippen LogP contribution in [0.15, 0.2) is 99.9 Å². The van der Waals surface area contributed by atoms with E-state index in [2.05, 4.69) is 0 Å². The summed E-state index contributed by atoms with van der Waals surface area (Å²) in [5.74, 6) is 1.11. The van der Waals surface area contributed by atoms with Crippen molar-refractivity contribution in [1.82, 2.24) is 4.57 Å². The second-order valence-corrected chi connectivity index (χ2v) is 12.0. The molecular formula is C36H31ClN2O6S. The van der Waals surface area contributed by atoms with E-state index in [0.717, 1.165) is 21.9 Å². The number of allylic oxidation sites excluding steroid dienone is 1. The van der Waals surface area contributed by atoms with Crippen LogP contribution in [0.1, 0.15) is 36.6 Å². The lowest BCUT2D eigenvalue weighted by Gasteiger charge is -2.27. The number of hydrogen-bond donors (Lipinski definition) is 0. The molecule has 10 heteroatoms. The van der Waals surface area contributed by atoms with Gasteiger partial charge in [-0.3, -0.25) is 9.36 Å². The van der Waals surface area contributed by atoms with E-state index in [1.165, 1.54) is 11.3 Å². The molecule has 4 aromatic carbocycles. The average Bonchev–Trinajstić information content (AvgIpc) is 3.37. The van der Waals surface area contributed by atoms with Crippen LogP contribution in [0.4, 0.5) is 0 Å². The smallest absolute Gasteiger partial charge is 0.338 e. The zero-order chi connectivity index (χ0) is 32.4. The van der Waals surface area contributed by atoms with Crippen molar-refractivity contribution < 1.29 is 23.7 Å². The number of rotatable bonds is 9. The van der Waals surface area contributed by atoms with Crippen molar-refractivity contribution in [3.63, 3.8) is 0 Å². The molecule has 1 aliphatic rings. The Morgan fingerprint density at radius 3 is 2.46 bits per heavy atom. The molecule has 8 nitrogen and oxygen atoms in total. The molecule has 0 unspecified atom stereocenters. The fourth-order valence-electron chi connectivity index (χ4n) is 5.59. The molecule has 0 N–H and O–H groups in total. The normalized spacial score (nSPS) is 14.5. The van der Waals surface area contributed by atoms with Crippen molar-refractivity contribution in [2.75, 3.05) is 20.8 Å². The molecule has 0 spiro atoms. The van der Waals surface area contributed by atoms with Gasteiger partial charge in [0.15, 0.2) is 16.3 Å². The number of esters is 1. The number of thiazole rings is 1. The molecule has 5 aromatic rings. The molecular weight excluding hydrogens is 624 g/mol. The number of carbonyl (C=O) groups is 1. The third-order valence-corrected chi connectivity index (χ3v) is 8.97. The summed E-state index contributed by atoms with van der Waals surface area (Å²) in [6.45, 7) is 4.03. The quantitative estimate of drug-likeness (QED) is 0.176. The molecule has 1 atom stereocenters. The highest BCUT2D eigenvalue weighted by molar-refractivity contribution is 7.07. The monoisotopic (exact) mass is 654 g/mol. The first kappa shape index (κ1) is 31.1. The van der Waals surface area contributed by atoms with Gasteiger partial charge in [0.2, 0.25) is 0 Å². The maximum absolute atomic E-state index is 14.3. The molecule has 1 aromatic heterocycles. The topological polar surface area (TPSA) is 88.4 Å². The second-order valence-electron chi connectivity index (χ2n) is 10.5. The Bertz CT molecular complexity index is 2170. The van der Waals surface area contributed by atoms with Gasteiger partial charge < -0.3 is 18.9 Å². The van der Waals surface area contributed by atoms with Crippen molar-refractivity contribution in [2.45, 2.75) is 26.5 Å². The molecule has 46 heavy (non-hydrogen) atoms. The van der Waals surface area contributed by atoms with Crippen LogP contribution in [0.2, 0.25) is 5.02 Å². The predicted molar refractivity (Wildman–Crippen MR) is 180 cm³/mol. The van der Waals surface area contributed by atoms with Gasteiger partial charge in [-0.15, -0.1) is 0 Å². The molecule has 6 rings (SSSR count). The van der Waals surface area contributed by atoms with Crippen molar-refractivity contribution >= 4 is 45.8 Å². The SMILES string of the molecule is CCOC(=O)C1=C(C)N=c2s/c(=C/c3ccc(OCc4ccc(Cl)cc4)c(OC)c3)c(=O)n2[C@@H]1c1c(OC)ccc2ccccc12. The number of carbonyl (C=O) groups excluding carboxylic acids is 1. The van der Waals surface area contributed by atoms with Crippen LogP contribution >= 0.6 is 22.9 Å². The summed E-state index contributed by atoms with van der Waals surface area (Å²) in [7, 11) is 3.15. The fraction of sp³-hybridized carbons (Fsp3) is 0.194. The van der Waals surface area contributed by atoms with E-state index < -0.39 is 12.0 Å². The molecule has 2 heterocycles. The van der Waals surface area contributed by atoms with Crippen LogP contribution in [-0.2, 0) is 16.1 Å². The van der Waals surface area contributed by atoms with Crippen molar-refractivity contribution in [2.24, 2.45) is 4.99 Å². The maximum Gasteiger partial charge on any atom is 0.338 e. The van der Waals surface area contributed by atoms with Crippen LogP contribution in [-0.4, -0.2) is 31.4 Å². The molecule has 0 saturated carbocycles. The number of methoxy groups -OCH3 is 2. The molecule has 234 valence electrons. The molecule has 1 aliphatic heterocycles. The van der Waals surface area contributed by atoms with Gasteiger partial charge in [-0.25, -0.2) is 9.79 Å². The summed E-state index contributed by atoms with van der Waals surface area (Å²) in [5.41, 5.74) is 2.87. The number of ether oxygens (including phenoxy) is 4. The largest absolute Gasteiger partial charge is 0.496 e. The van der Waals surface area contributed by atoms with E-state index >= 15 is 0 Å². The van der Waals surface area contributed by atoms with E-state index in [0.29, 0.717) is 55.0 Å². The highest BCUT2D eigenvalue weighted by Gasteiger charge is 2.36. The molecule has 0 amide bonds. The lowest BCUT2D eigenvalue weighted by molar-refractivity contribution is -0.139. The number of fused-ring (bicyclic) bond motifs is 2. The maximum atomic E-state index is 14.3. The average molecular weight is 655 g/mol. The standard InChI is InChI=1S/C36H31ClN2O6S/c1-5-44-35(41)31-21(2)38-36-39(33(31)32-26-9-7-6-8-24(26)13-17-28(32)42-3)34(40)30(46-36)19-23-12-16-27(29(18-23)43-4)45-20-22-10-14-25(37)15-11-22/h6-19,33H,5,20H2,1-4H3/b30-19+/t33-/m0/s1. The van der Waals surface area contributed by atoms with E-state index in [-0.39, 0.29) is 12.2 Å². The minimum atomic E-state index is -0.823. The molecule has 0 radical (unpaired) electrons. The highest BCUT2D eigenvalue weighted by atomic mass is 35.5. The minimum absolute atomic E-state index is 0.181. The Hall–Kier alpha value is -4.86. The third kappa shape index (κ3) is 5.91. The van der Waals surface area contributed by atoms with E-state index in [1.54, 1.807) is 38.7 Å². The van der Waals surface area contributed by atoms with E-state index in [4.69, 9.17) is 35.5 Å². The second kappa shape index (κ2) is 13.2. The first-order valence-corrected chi connectivity index (χ1v) is 15.8. The van der Waals surface area contributed by atoms with Crippen LogP contribution in [0.25, 0.3) is 16.8 Å². The first-order valence-electron chi connectivity index (χ1n) is 14.6. The van der Waals surface area contributed by atoms with Crippen molar-refractivity contribution in [3.8, 4) is 17.2 Å². The van der Waals surface area contributed by atoms with Crippen LogP contribution in [0.3, 0.4) is 0 Å². The molecule has 0 aliphatic carbocycles. The highest BCUT2D eigenvalue weighted by Crippen LogP contribution is 2.40. The van der Waals surface area contributed by atoms with Gasteiger partial charge in [0, 0.05) is 10.6 Å². The predicted octanol–water partition coefficient (Wildman–Crippen LogP) is 6.20. The zero-order valence-corrected chi connectivity index (χ0v) is 27.3. The third-order valence-electron chi connectivity index (χ3n) is 7.73. The van der Waals surface area contributed by atoms with Crippen LogP contribution in [0, 0.1) is 0 Å². The van der Waals surface area contributed by atoms with Gasteiger partial charge in [-0.1, -0.05) is 71.5 Å². The number of nitrogens with zero attached hydrogens (tertiary/aromatic N) is 2. The lowest BCUT2D eigenvalue weighted by Crippen LogP contribution is -2.40. The Kier molecular flexibility index (Phi) is 8.96. The fourth-order valence-corrected chi connectivity index (χ4v) is 6.76. The first-order chi connectivity index (χ1) is 22.3. The number of aromatic nitrogens is 1. The van der Waals surface area contributed by atoms with Gasteiger partial charge in [-0.2, -0.15) is 0 Å². The molecule has 0 bridgehead atoms. The minimum Gasteiger partial charge on any atom is -0.496 e. The summed E-state index contributed by atoms with van der Waals surface area (Å²) in [4.78, 5) is 32.9. The van der Waals surface area contributed by atoms with Crippen molar-refractivity contribution in [3.05, 3.63) is 132 Å². The molecule has 0 fully saturated rings. The van der Waals surface area contributed by atoms with E-state index in [1.807, 2.05) is 78.9 Å². The number of benzene rings is 4. The Morgan fingerprint density at radius 2 is 1.72 bits per heavy atom. The Balaban J connectivity index is 1.47. The summed E-state index contributed by atoms with van der Waals surface area (Å²) in [6, 6.07) is 23.7. The van der Waals surface area contributed by atoms with Gasteiger partial charge in [-0.05, 0) is 72.2 Å².